The minimum atomic E-state index is -0.587. The molecule has 1 fully saturated rings. The number of aromatic hydroxyl groups is 1. The molecule has 0 atom stereocenters. The highest BCUT2D eigenvalue weighted by atomic mass is 16.3. The number of carbonyl (C=O) groups excluding carboxylic acids is 2. The Hall–Kier alpha value is -3.84. The second-order valence-corrected chi connectivity index (χ2v) is 8.05. The largest absolute Gasteiger partial charge is 0.508 e. The molecule has 1 aliphatic rings. The number of phenolic OH excluding ortho intramolecular Hbond substituents is 1. The van der Waals surface area contributed by atoms with E-state index < -0.39 is 5.91 Å². The summed E-state index contributed by atoms with van der Waals surface area (Å²) in [5.41, 5.74) is 7.92. The van der Waals surface area contributed by atoms with E-state index in [2.05, 4.69) is 21.9 Å². The number of amides is 2. The lowest BCUT2D eigenvalue weighted by atomic mass is 10.1. The summed E-state index contributed by atoms with van der Waals surface area (Å²) in [5.74, 6) is -0.862. The number of carbonyl (C=O) groups is 2. The molecule has 0 bridgehead atoms. The van der Waals surface area contributed by atoms with Gasteiger partial charge in [0.2, 0.25) is 0 Å². The van der Waals surface area contributed by atoms with Gasteiger partial charge in [0.15, 0.2) is 0 Å². The van der Waals surface area contributed by atoms with E-state index in [1.54, 1.807) is 41.3 Å². The number of anilines is 2. The molecule has 0 spiro atoms. The van der Waals surface area contributed by atoms with Crippen LogP contribution in [-0.2, 0) is 0 Å². The minimum Gasteiger partial charge on any atom is -0.508 e. The van der Waals surface area contributed by atoms with Gasteiger partial charge < -0.3 is 20.6 Å². The fourth-order valence-electron chi connectivity index (χ4n) is 4.15. The normalized spacial score (nSPS) is 14.1. The van der Waals surface area contributed by atoms with Gasteiger partial charge in [-0.2, -0.15) is 0 Å². The van der Waals surface area contributed by atoms with Crippen LogP contribution in [0.1, 0.15) is 20.7 Å². The maximum Gasteiger partial charge on any atom is 0.258 e. The predicted octanol–water partition coefficient (Wildman–Crippen LogP) is 2.96. The van der Waals surface area contributed by atoms with Gasteiger partial charge in [0.1, 0.15) is 5.75 Å². The van der Waals surface area contributed by atoms with Crippen molar-refractivity contribution in [3.05, 3.63) is 90.0 Å². The topological polar surface area (TPSA) is 90.1 Å². The van der Waals surface area contributed by atoms with E-state index in [0.29, 0.717) is 29.9 Å². The Morgan fingerprint density at radius 3 is 2.27 bits per heavy atom. The van der Waals surface area contributed by atoms with Crippen molar-refractivity contribution in [3.63, 3.8) is 0 Å². The van der Waals surface area contributed by atoms with Crippen LogP contribution in [0.15, 0.2) is 78.9 Å². The van der Waals surface area contributed by atoms with E-state index in [1.165, 1.54) is 17.8 Å². The van der Waals surface area contributed by atoms with E-state index in [4.69, 9.17) is 5.73 Å². The van der Waals surface area contributed by atoms with Crippen LogP contribution in [0.25, 0.3) is 0 Å². The summed E-state index contributed by atoms with van der Waals surface area (Å²) in [6.45, 7) is 4.61. The van der Waals surface area contributed by atoms with Crippen LogP contribution in [0, 0.1) is 0 Å². The van der Waals surface area contributed by atoms with Gasteiger partial charge in [0.25, 0.3) is 11.8 Å². The van der Waals surface area contributed by atoms with Crippen LogP contribution in [0.2, 0.25) is 0 Å². The average molecular weight is 445 g/mol. The first-order valence-corrected chi connectivity index (χ1v) is 11.0. The first-order chi connectivity index (χ1) is 16.0. The molecule has 7 heteroatoms. The molecule has 170 valence electrons. The van der Waals surface area contributed by atoms with E-state index in [0.717, 1.165) is 26.2 Å². The molecule has 1 saturated heterocycles. The monoisotopic (exact) mass is 444 g/mol. The Balaban J connectivity index is 1.50. The van der Waals surface area contributed by atoms with Crippen molar-refractivity contribution in [2.75, 3.05) is 49.1 Å². The van der Waals surface area contributed by atoms with Crippen molar-refractivity contribution in [1.29, 1.82) is 0 Å². The molecular weight excluding hydrogens is 416 g/mol. The molecule has 33 heavy (non-hydrogen) atoms. The maximum atomic E-state index is 13.4. The lowest BCUT2D eigenvalue weighted by molar-refractivity contribution is 0.0982. The Kier molecular flexibility index (Phi) is 6.90. The van der Waals surface area contributed by atoms with E-state index in [9.17, 15) is 14.7 Å². The zero-order valence-corrected chi connectivity index (χ0v) is 18.4. The zero-order chi connectivity index (χ0) is 23.2. The number of rotatable bonds is 7. The van der Waals surface area contributed by atoms with Crippen molar-refractivity contribution in [2.24, 2.45) is 5.73 Å². The molecular formula is C26H28N4O3. The molecule has 0 unspecified atom stereocenters. The number of hydrogen-bond donors (Lipinski definition) is 2. The molecule has 0 aliphatic carbocycles. The SMILES string of the molecule is NC(=O)c1ccccc1N(CCN1CCN(c2ccccc2)CC1)C(=O)c1cccc(O)c1. The summed E-state index contributed by atoms with van der Waals surface area (Å²) >= 11 is 0. The standard InChI is InChI=1S/C26H28N4O3/c27-25(32)23-11-4-5-12-24(23)30(26(33)20-7-6-10-22(31)19-20)18-15-28-13-16-29(17-14-28)21-8-2-1-3-9-21/h1-12,19,31H,13-18H2,(H2,27,32). The molecule has 0 aromatic heterocycles. The fourth-order valence-corrected chi connectivity index (χ4v) is 4.15. The molecule has 3 aromatic carbocycles. The van der Waals surface area contributed by atoms with Crippen molar-refractivity contribution in [3.8, 4) is 5.75 Å². The van der Waals surface area contributed by atoms with E-state index in [1.807, 2.05) is 18.2 Å². The molecule has 4 rings (SSSR count). The van der Waals surface area contributed by atoms with Gasteiger partial charge in [-0.15, -0.1) is 0 Å². The third kappa shape index (κ3) is 5.32. The van der Waals surface area contributed by atoms with Gasteiger partial charge in [-0.3, -0.25) is 14.5 Å². The highest BCUT2D eigenvalue weighted by Crippen LogP contribution is 2.24. The zero-order valence-electron chi connectivity index (χ0n) is 18.4. The number of nitrogens with zero attached hydrogens (tertiary/aromatic N) is 3. The molecule has 0 radical (unpaired) electrons. The van der Waals surface area contributed by atoms with Crippen LogP contribution >= 0.6 is 0 Å². The first kappa shape index (κ1) is 22.4. The quantitative estimate of drug-likeness (QED) is 0.585. The van der Waals surface area contributed by atoms with Gasteiger partial charge in [0.05, 0.1) is 11.3 Å². The van der Waals surface area contributed by atoms with E-state index in [-0.39, 0.29) is 11.7 Å². The summed E-state index contributed by atoms with van der Waals surface area (Å²) in [5, 5.41) is 9.85. The highest BCUT2D eigenvalue weighted by Gasteiger charge is 2.24. The number of hydrogen-bond acceptors (Lipinski definition) is 5. The molecule has 0 saturated carbocycles. The molecule has 7 nitrogen and oxygen atoms in total. The summed E-state index contributed by atoms with van der Waals surface area (Å²) < 4.78 is 0. The highest BCUT2D eigenvalue weighted by molar-refractivity contribution is 6.10. The van der Waals surface area contributed by atoms with Crippen molar-refractivity contribution in [2.45, 2.75) is 0 Å². The minimum absolute atomic E-state index is 0.0148. The number of phenols is 1. The van der Waals surface area contributed by atoms with Crippen LogP contribution in [0.4, 0.5) is 11.4 Å². The molecule has 3 aromatic rings. The Labute approximate surface area is 193 Å². The van der Waals surface area contributed by atoms with Crippen LogP contribution in [0.3, 0.4) is 0 Å². The number of piperazine rings is 1. The maximum absolute atomic E-state index is 13.4. The van der Waals surface area contributed by atoms with Gasteiger partial charge in [-0.1, -0.05) is 36.4 Å². The molecule has 2 amide bonds. The summed E-state index contributed by atoms with van der Waals surface area (Å²) in [7, 11) is 0. The lowest BCUT2D eigenvalue weighted by Gasteiger charge is -2.37. The summed E-state index contributed by atoms with van der Waals surface area (Å²) in [4.78, 5) is 31.7. The third-order valence-corrected chi connectivity index (χ3v) is 5.93. The van der Waals surface area contributed by atoms with Gasteiger partial charge in [-0.25, -0.2) is 0 Å². The van der Waals surface area contributed by atoms with Crippen LogP contribution in [-0.4, -0.2) is 61.1 Å². The predicted molar refractivity (Wildman–Crippen MR) is 130 cm³/mol. The summed E-state index contributed by atoms with van der Waals surface area (Å²) in [6, 6.07) is 23.4. The van der Waals surface area contributed by atoms with Gasteiger partial charge in [-0.05, 0) is 42.5 Å². The molecule has 1 aliphatic heterocycles. The average Bonchev–Trinajstić information content (AvgIpc) is 2.85. The fraction of sp³-hybridized carbons (Fsp3) is 0.231. The number of nitrogens with two attached hydrogens (primary N) is 1. The number of benzene rings is 3. The second kappa shape index (κ2) is 10.2. The van der Waals surface area contributed by atoms with E-state index >= 15 is 0 Å². The summed E-state index contributed by atoms with van der Waals surface area (Å²) in [6.07, 6.45) is 0. The third-order valence-electron chi connectivity index (χ3n) is 5.93. The number of primary amides is 1. The van der Waals surface area contributed by atoms with Crippen molar-refractivity contribution < 1.29 is 14.7 Å². The van der Waals surface area contributed by atoms with Crippen molar-refractivity contribution >= 4 is 23.2 Å². The Bertz CT molecular complexity index is 1110. The van der Waals surface area contributed by atoms with Crippen LogP contribution in [0.5, 0.6) is 5.75 Å². The molecule has 3 N–H and O–H groups in total. The second-order valence-electron chi connectivity index (χ2n) is 8.05. The van der Waals surface area contributed by atoms with Crippen LogP contribution < -0.4 is 15.5 Å². The molecule has 1 heterocycles. The van der Waals surface area contributed by atoms with Crippen molar-refractivity contribution in [1.82, 2.24) is 4.90 Å². The lowest BCUT2D eigenvalue weighted by Crippen LogP contribution is -2.49. The number of para-hydroxylation sites is 2. The Morgan fingerprint density at radius 1 is 0.879 bits per heavy atom. The van der Waals surface area contributed by atoms with Gasteiger partial charge >= 0.3 is 0 Å². The Morgan fingerprint density at radius 2 is 1.58 bits per heavy atom. The first-order valence-electron chi connectivity index (χ1n) is 11.0. The smallest absolute Gasteiger partial charge is 0.258 e. The van der Waals surface area contributed by atoms with Gasteiger partial charge in [0, 0.05) is 50.5 Å².